The molecule has 0 saturated heterocycles. The highest BCUT2D eigenvalue weighted by molar-refractivity contribution is 6.30. The van der Waals surface area contributed by atoms with Crippen LogP contribution in [0.2, 0.25) is 5.02 Å². The molecule has 0 spiro atoms. The molecular weight excluding hydrogens is 544 g/mol. The predicted octanol–water partition coefficient (Wildman–Crippen LogP) is 5.35. The van der Waals surface area contributed by atoms with Crippen LogP contribution in [0.15, 0.2) is 34.7 Å². The van der Waals surface area contributed by atoms with Crippen LogP contribution in [0.4, 0.5) is 32.0 Å². The number of aromatic nitrogens is 3. The smallest absolute Gasteiger partial charge is 0.416 e. The van der Waals surface area contributed by atoms with E-state index in [9.17, 15) is 36.2 Å². The maximum atomic E-state index is 13.9. The molecular formula is C23H20ClF6N5O3. The number of aliphatic hydroxyl groups is 1. The second-order valence-electron chi connectivity index (χ2n) is 8.75. The summed E-state index contributed by atoms with van der Waals surface area (Å²) in [4.78, 5) is 18.3. The number of halogens is 7. The summed E-state index contributed by atoms with van der Waals surface area (Å²) < 4.78 is 88.3. The van der Waals surface area contributed by atoms with Crippen molar-refractivity contribution in [2.45, 2.75) is 50.2 Å². The molecule has 1 aromatic carbocycles. The number of carbonyl (C=O) groups is 1. The molecule has 0 aliphatic carbocycles. The first-order chi connectivity index (χ1) is 17.7. The van der Waals surface area contributed by atoms with Gasteiger partial charge >= 0.3 is 12.4 Å². The first-order valence-electron chi connectivity index (χ1n) is 11.3. The summed E-state index contributed by atoms with van der Waals surface area (Å²) in [7, 11) is 0. The Bertz CT molecular complexity index is 1330. The van der Waals surface area contributed by atoms with Gasteiger partial charge in [-0.05, 0) is 43.0 Å². The minimum absolute atomic E-state index is 0.0936. The van der Waals surface area contributed by atoms with E-state index in [4.69, 9.17) is 21.8 Å². The summed E-state index contributed by atoms with van der Waals surface area (Å²) >= 11 is 5.89. The number of rotatable bonds is 2. The van der Waals surface area contributed by atoms with Gasteiger partial charge in [-0.15, -0.1) is 10.2 Å². The fourth-order valence-electron chi connectivity index (χ4n) is 4.01. The second kappa shape index (κ2) is 10.1. The van der Waals surface area contributed by atoms with E-state index in [-0.39, 0.29) is 32.4 Å². The van der Waals surface area contributed by atoms with Crippen molar-refractivity contribution in [1.29, 1.82) is 0 Å². The molecule has 1 atom stereocenters. The number of carbonyl (C=O) groups excluding carboxylic acids is 1. The third-order valence-corrected chi connectivity index (χ3v) is 6.30. The summed E-state index contributed by atoms with van der Waals surface area (Å²) in [5.41, 5.74) is -1.03. The summed E-state index contributed by atoms with van der Waals surface area (Å²) in [5.74, 6) is -3.09. The SMILES string of the molecule is Nc1cc(C(F)(F)F)c2nc1-c1nnc(o1)[C@@](O)(C(F)(F)F)CCCCCN(Cc1ccc(Cl)cc1)C2=O. The van der Waals surface area contributed by atoms with E-state index in [0.717, 1.165) is 4.90 Å². The monoisotopic (exact) mass is 563 g/mol. The molecule has 38 heavy (non-hydrogen) atoms. The van der Waals surface area contributed by atoms with E-state index in [1.54, 1.807) is 12.1 Å². The van der Waals surface area contributed by atoms with Gasteiger partial charge in [0.1, 0.15) is 5.69 Å². The van der Waals surface area contributed by atoms with Crippen molar-refractivity contribution in [2.24, 2.45) is 0 Å². The number of amides is 1. The summed E-state index contributed by atoms with van der Waals surface area (Å²) in [6.07, 6.45) is -11.0. The summed E-state index contributed by atoms with van der Waals surface area (Å²) in [6, 6.07) is 6.67. The van der Waals surface area contributed by atoms with E-state index < -0.39 is 64.7 Å². The van der Waals surface area contributed by atoms with E-state index in [2.05, 4.69) is 15.2 Å². The number of nitrogens with zero attached hydrogens (tertiary/aromatic N) is 4. The van der Waals surface area contributed by atoms with Gasteiger partial charge in [0.05, 0.1) is 11.3 Å². The van der Waals surface area contributed by atoms with E-state index in [1.807, 2.05) is 0 Å². The molecule has 8 nitrogen and oxygen atoms in total. The molecule has 1 aliphatic rings. The first kappa shape index (κ1) is 27.6. The molecule has 0 radical (unpaired) electrons. The molecule has 0 fully saturated rings. The molecule has 3 aromatic rings. The number of benzene rings is 1. The molecule has 15 heteroatoms. The lowest BCUT2D eigenvalue weighted by molar-refractivity contribution is -0.277. The number of nitrogen functional groups attached to an aromatic ring is 1. The topological polar surface area (TPSA) is 118 Å². The van der Waals surface area contributed by atoms with Gasteiger partial charge in [0.25, 0.3) is 17.7 Å². The van der Waals surface area contributed by atoms with Crippen LogP contribution in [0.5, 0.6) is 0 Å². The predicted molar refractivity (Wildman–Crippen MR) is 122 cm³/mol. The molecule has 204 valence electrons. The molecule has 1 amide bonds. The molecule has 2 aromatic heterocycles. The largest absolute Gasteiger partial charge is 0.426 e. The Morgan fingerprint density at radius 3 is 2.37 bits per heavy atom. The van der Waals surface area contributed by atoms with Crippen LogP contribution in [0.1, 0.15) is 53.2 Å². The van der Waals surface area contributed by atoms with Crippen LogP contribution >= 0.6 is 11.6 Å². The number of alkyl halides is 6. The van der Waals surface area contributed by atoms with Gasteiger partial charge in [0.15, 0.2) is 5.69 Å². The normalized spacial score (nSPS) is 19.4. The number of nitrogens with two attached hydrogens (primary N) is 1. The maximum absolute atomic E-state index is 13.9. The van der Waals surface area contributed by atoms with E-state index >= 15 is 0 Å². The molecule has 4 rings (SSSR count). The van der Waals surface area contributed by atoms with Gasteiger partial charge in [-0.3, -0.25) is 4.79 Å². The molecule has 3 N–H and O–H groups in total. The number of anilines is 1. The van der Waals surface area contributed by atoms with Crippen molar-refractivity contribution < 1.29 is 40.7 Å². The minimum atomic E-state index is -5.20. The average Bonchev–Trinajstić information content (AvgIpc) is 3.32. The number of hydrogen-bond donors (Lipinski definition) is 2. The van der Waals surface area contributed by atoms with Crippen molar-refractivity contribution in [2.75, 3.05) is 12.3 Å². The van der Waals surface area contributed by atoms with Crippen molar-refractivity contribution in [3.8, 4) is 11.6 Å². The highest BCUT2D eigenvalue weighted by atomic mass is 35.5. The Kier molecular flexibility index (Phi) is 7.32. The van der Waals surface area contributed by atoms with Gasteiger partial charge in [0.2, 0.25) is 5.60 Å². The number of hydrogen-bond acceptors (Lipinski definition) is 7. The van der Waals surface area contributed by atoms with Crippen LogP contribution in [0.3, 0.4) is 0 Å². The average molecular weight is 564 g/mol. The van der Waals surface area contributed by atoms with Crippen LogP contribution in [-0.2, 0) is 18.3 Å². The Labute approximate surface area is 216 Å². The maximum Gasteiger partial charge on any atom is 0.426 e. The Morgan fingerprint density at radius 1 is 1.05 bits per heavy atom. The zero-order valence-corrected chi connectivity index (χ0v) is 20.2. The van der Waals surface area contributed by atoms with Crippen LogP contribution in [0.25, 0.3) is 11.6 Å². The van der Waals surface area contributed by atoms with Crippen LogP contribution in [-0.4, -0.2) is 43.8 Å². The highest BCUT2D eigenvalue weighted by Crippen LogP contribution is 2.43. The Morgan fingerprint density at radius 2 is 1.74 bits per heavy atom. The van der Waals surface area contributed by atoms with Crippen LogP contribution < -0.4 is 5.73 Å². The fraction of sp³-hybridized carbons (Fsp3) is 0.391. The molecule has 1 aliphatic heterocycles. The summed E-state index contributed by atoms with van der Waals surface area (Å²) in [5, 5.41) is 17.6. The third kappa shape index (κ3) is 5.41. The van der Waals surface area contributed by atoms with Crippen molar-refractivity contribution in [3.63, 3.8) is 0 Å². The van der Waals surface area contributed by atoms with Crippen molar-refractivity contribution >= 4 is 23.2 Å². The molecule has 0 unspecified atom stereocenters. The van der Waals surface area contributed by atoms with E-state index in [1.165, 1.54) is 12.1 Å². The lowest BCUT2D eigenvalue weighted by Gasteiger charge is -2.27. The fourth-order valence-corrected chi connectivity index (χ4v) is 4.13. The van der Waals surface area contributed by atoms with Crippen molar-refractivity contribution in [1.82, 2.24) is 20.1 Å². The molecule has 0 saturated carbocycles. The minimum Gasteiger partial charge on any atom is -0.416 e. The second-order valence-corrected chi connectivity index (χ2v) is 9.19. The van der Waals surface area contributed by atoms with Gasteiger partial charge in [-0.25, -0.2) is 4.98 Å². The zero-order chi connectivity index (χ0) is 27.9. The number of pyridine rings is 1. The Hall–Kier alpha value is -3.39. The third-order valence-electron chi connectivity index (χ3n) is 6.05. The van der Waals surface area contributed by atoms with Crippen LogP contribution in [0, 0.1) is 0 Å². The van der Waals surface area contributed by atoms with Gasteiger partial charge in [-0.2, -0.15) is 26.3 Å². The zero-order valence-electron chi connectivity index (χ0n) is 19.4. The highest BCUT2D eigenvalue weighted by Gasteiger charge is 2.58. The van der Waals surface area contributed by atoms with Gasteiger partial charge in [0, 0.05) is 18.1 Å². The van der Waals surface area contributed by atoms with Crippen molar-refractivity contribution in [3.05, 3.63) is 58.1 Å². The van der Waals surface area contributed by atoms with Gasteiger partial charge in [-0.1, -0.05) is 30.2 Å². The summed E-state index contributed by atoms with van der Waals surface area (Å²) in [6.45, 7) is -0.241. The standard InChI is InChI=1S/C23H20ClF6N5O3/c24-13-6-4-12(5-7-13)11-35-9-3-1-2-8-21(37,23(28,29)30)20-34-33-18(38-20)17-15(31)10-14(22(25,26)27)16(32-17)19(35)36/h4-7,10,37H,1-3,8-9,11,31H2/t21-/m1/s1. The quantitative estimate of drug-likeness (QED) is 0.403. The number of fused-ring (bicyclic) bond motifs is 5. The van der Waals surface area contributed by atoms with Gasteiger partial charge < -0.3 is 20.2 Å². The molecule has 4 bridgehead atoms. The lowest BCUT2D eigenvalue weighted by Crippen LogP contribution is -2.42. The first-order valence-corrected chi connectivity index (χ1v) is 11.6. The molecule has 3 heterocycles. The van der Waals surface area contributed by atoms with E-state index in [0.29, 0.717) is 16.7 Å². The lowest BCUT2D eigenvalue weighted by atomic mass is 9.95. The Balaban J connectivity index is 1.87.